The Morgan fingerprint density at radius 3 is 2.79 bits per heavy atom. The zero-order chi connectivity index (χ0) is 13.9. The van der Waals surface area contributed by atoms with Crippen LogP contribution in [0.4, 0.5) is 18.9 Å². The van der Waals surface area contributed by atoms with Crippen molar-refractivity contribution in [3.63, 3.8) is 0 Å². The number of hydrogen-bond acceptors (Lipinski definition) is 4. The molecule has 1 aromatic rings. The molecule has 1 heterocycles. The summed E-state index contributed by atoms with van der Waals surface area (Å²) in [7, 11) is 0. The molecule has 7 heteroatoms. The van der Waals surface area contributed by atoms with Crippen molar-refractivity contribution < 1.29 is 23.0 Å². The van der Waals surface area contributed by atoms with Gasteiger partial charge in [0.25, 0.3) is 0 Å². The zero-order valence-corrected chi connectivity index (χ0v) is 9.92. The summed E-state index contributed by atoms with van der Waals surface area (Å²) < 4.78 is 40.0. The number of allylic oxidation sites excluding steroid dienone is 1. The van der Waals surface area contributed by atoms with Crippen LogP contribution in [0, 0.1) is 0 Å². The van der Waals surface area contributed by atoms with Gasteiger partial charge in [-0.3, -0.25) is 0 Å². The molecule has 4 nitrogen and oxygen atoms in total. The first-order valence-corrected chi connectivity index (χ1v) is 5.73. The molecular weight excluding hydrogens is 261 g/mol. The Kier molecular flexibility index (Phi) is 3.73. The maximum atomic E-state index is 12.1. The number of ether oxygens (including phenoxy) is 1. The molecule has 2 rings (SSSR count). The van der Waals surface area contributed by atoms with Gasteiger partial charge in [0.15, 0.2) is 0 Å². The fourth-order valence-corrected chi connectivity index (χ4v) is 1.78. The summed E-state index contributed by atoms with van der Waals surface area (Å²) in [4.78, 5) is 0. The highest BCUT2D eigenvalue weighted by Gasteiger charge is 2.31. The van der Waals surface area contributed by atoms with Crippen LogP contribution in [0.5, 0.6) is 5.75 Å². The van der Waals surface area contributed by atoms with Crippen molar-refractivity contribution in [2.45, 2.75) is 19.2 Å². The third kappa shape index (κ3) is 3.97. The smallest absolute Gasteiger partial charge is 0.493 e. The fourth-order valence-electron chi connectivity index (χ4n) is 1.78. The largest absolute Gasteiger partial charge is 0.573 e. The Morgan fingerprint density at radius 1 is 1.37 bits per heavy atom. The SMILES string of the molecule is O/C(Nc1cccc(OC(F)(F)F)c1)=C1/CCCN1. The molecule has 0 aliphatic carbocycles. The van der Waals surface area contributed by atoms with Crippen LogP contribution in [0.3, 0.4) is 0 Å². The molecule has 0 aromatic heterocycles. The Bertz CT molecular complexity index is 478. The molecule has 0 unspecified atom stereocenters. The third-order valence-electron chi connectivity index (χ3n) is 2.56. The van der Waals surface area contributed by atoms with Gasteiger partial charge in [0.05, 0.1) is 5.70 Å². The van der Waals surface area contributed by atoms with Gasteiger partial charge in [0.1, 0.15) is 5.75 Å². The molecule has 0 bridgehead atoms. The second-order valence-electron chi connectivity index (χ2n) is 4.06. The van der Waals surface area contributed by atoms with E-state index in [9.17, 15) is 18.3 Å². The van der Waals surface area contributed by atoms with Crippen LogP contribution >= 0.6 is 0 Å². The average molecular weight is 274 g/mol. The maximum absolute atomic E-state index is 12.1. The molecule has 1 aliphatic heterocycles. The zero-order valence-electron chi connectivity index (χ0n) is 9.92. The molecule has 19 heavy (non-hydrogen) atoms. The van der Waals surface area contributed by atoms with Crippen LogP contribution in [0.1, 0.15) is 12.8 Å². The minimum absolute atomic E-state index is 0.0818. The minimum Gasteiger partial charge on any atom is -0.493 e. The fraction of sp³-hybridized carbons (Fsp3) is 0.333. The topological polar surface area (TPSA) is 53.5 Å². The first-order chi connectivity index (χ1) is 8.94. The van der Waals surface area contributed by atoms with Gasteiger partial charge in [-0.15, -0.1) is 13.2 Å². The van der Waals surface area contributed by atoms with Crippen molar-refractivity contribution in [3.05, 3.63) is 35.8 Å². The summed E-state index contributed by atoms with van der Waals surface area (Å²) in [5.74, 6) is -0.420. The Hall–Kier alpha value is -2.05. The van der Waals surface area contributed by atoms with Crippen molar-refractivity contribution in [1.82, 2.24) is 5.32 Å². The predicted octanol–water partition coefficient (Wildman–Crippen LogP) is 3.11. The summed E-state index contributed by atoms with van der Waals surface area (Å²) in [6, 6.07) is 5.30. The molecule has 3 N–H and O–H groups in total. The normalized spacial score (nSPS) is 17.8. The van der Waals surface area contributed by atoms with E-state index in [1.165, 1.54) is 24.3 Å². The standard InChI is InChI=1S/C12H13F3N2O2/c13-12(14,15)19-9-4-1-3-8(7-9)17-11(18)10-5-2-6-16-10/h1,3-4,7,16-18H,2,5-6H2/b11-10-. The highest BCUT2D eigenvalue weighted by Crippen LogP contribution is 2.26. The van der Waals surface area contributed by atoms with E-state index in [4.69, 9.17) is 0 Å². The first-order valence-electron chi connectivity index (χ1n) is 5.73. The van der Waals surface area contributed by atoms with Gasteiger partial charge in [0, 0.05) is 18.3 Å². The lowest BCUT2D eigenvalue weighted by molar-refractivity contribution is -0.274. The Balaban J connectivity index is 2.09. The van der Waals surface area contributed by atoms with Gasteiger partial charge in [-0.05, 0) is 25.0 Å². The second kappa shape index (κ2) is 5.29. The molecule has 0 atom stereocenters. The summed E-state index contributed by atoms with van der Waals surface area (Å²) >= 11 is 0. The number of nitrogens with one attached hydrogen (secondary N) is 2. The summed E-state index contributed by atoms with van der Waals surface area (Å²) in [5, 5.41) is 15.4. The van der Waals surface area contributed by atoms with Crippen molar-refractivity contribution in [3.8, 4) is 5.75 Å². The van der Waals surface area contributed by atoms with Crippen LogP contribution in [0.2, 0.25) is 0 Å². The lowest BCUT2D eigenvalue weighted by Gasteiger charge is -2.12. The van der Waals surface area contributed by atoms with Crippen LogP contribution < -0.4 is 15.4 Å². The number of rotatable bonds is 3. The van der Waals surface area contributed by atoms with Gasteiger partial charge in [-0.25, -0.2) is 0 Å². The minimum atomic E-state index is -4.73. The van der Waals surface area contributed by atoms with Gasteiger partial charge >= 0.3 is 6.36 Å². The average Bonchev–Trinajstić information content (AvgIpc) is 2.80. The molecule has 1 aromatic carbocycles. The van der Waals surface area contributed by atoms with E-state index in [2.05, 4.69) is 15.4 Å². The van der Waals surface area contributed by atoms with Crippen molar-refractivity contribution in [2.75, 3.05) is 11.9 Å². The highest BCUT2D eigenvalue weighted by molar-refractivity contribution is 5.51. The van der Waals surface area contributed by atoms with E-state index in [0.29, 0.717) is 17.8 Å². The van der Waals surface area contributed by atoms with Crippen LogP contribution in [0.15, 0.2) is 35.8 Å². The van der Waals surface area contributed by atoms with Crippen molar-refractivity contribution in [1.29, 1.82) is 0 Å². The number of halogens is 3. The lowest BCUT2D eigenvalue weighted by atomic mass is 10.3. The van der Waals surface area contributed by atoms with Crippen LogP contribution in [-0.4, -0.2) is 18.0 Å². The molecule has 0 amide bonds. The Morgan fingerprint density at radius 2 is 2.16 bits per heavy atom. The van der Waals surface area contributed by atoms with E-state index < -0.39 is 6.36 Å². The first kappa shape index (κ1) is 13.4. The number of alkyl halides is 3. The highest BCUT2D eigenvalue weighted by atomic mass is 19.4. The molecule has 0 radical (unpaired) electrons. The van der Waals surface area contributed by atoms with E-state index in [0.717, 1.165) is 13.0 Å². The van der Waals surface area contributed by atoms with Gasteiger partial charge in [0.2, 0.25) is 5.88 Å². The molecule has 1 saturated heterocycles. The summed E-state index contributed by atoms with van der Waals surface area (Å²) in [6.45, 7) is 0.776. The second-order valence-corrected chi connectivity index (χ2v) is 4.06. The van der Waals surface area contributed by atoms with Gasteiger partial charge in [-0.1, -0.05) is 6.07 Å². The number of aliphatic hydroxyl groups is 1. The molecule has 0 saturated carbocycles. The van der Waals surface area contributed by atoms with Gasteiger partial charge in [-0.2, -0.15) is 0 Å². The summed E-state index contributed by atoms with van der Waals surface area (Å²) in [5.41, 5.74) is 0.975. The summed E-state index contributed by atoms with van der Waals surface area (Å²) in [6.07, 6.45) is -3.11. The maximum Gasteiger partial charge on any atom is 0.573 e. The van der Waals surface area contributed by atoms with E-state index in [1.807, 2.05) is 0 Å². The molecule has 1 aliphatic rings. The molecule has 1 fully saturated rings. The van der Waals surface area contributed by atoms with Crippen molar-refractivity contribution in [2.24, 2.45) is 0 Å². The molecule has 0 spiro atoms. The monoisotopic (exact) mass is 274 g/mol. The quantitative estimate of drug-likeness (QED) is 0.741. The molecule has 104 valence electrons. The number of benzene rings is 1. The number of hydrogen-bond donors (Lipinski definition) is 3. The van der Waals surface area contributed by atoms with Crippen LogP contribution in [-0.2, 0) is 0 Å². The lowest BCUT2D eigenvalue weighted by Crippen LogP contribution is -2.17. The number of aliphatic hydroxyl groups excluding tert-OH is 1. The van der Waals surface area contributed by atoms with Crippen molar-refractivity contribution >= 4 is 5.69 Å². The van der Waals surface area contributed by atoms with E-state index >= 15 is 0 Å². The molecular formula is C12H13F3N2O2. The van der Waals surface area contributed by atoms with E-state index in [1.54, 1.807) is 0 Å². The number of anilines is 1. The Labute approximate surface area is 107 Å². The predicted molar refractivity (Wildman–Crippen MR) is 63.6 cm³/mol. The third-order valence-corrected chi connectivity index (χ3v) is 2.56. The van der Waals surface area contributed by atoms with Crippen LogP contribution in [0.25, 0.3) is 0 Å². The van der Waals surface area contributed by atoms with Gasteiger partial charge < -0.3 is 20.5 Å². The van der Waals surface area contributed by atoms with E-state index in [-0.39, 0.29) is 11.6 Å².